The van der Waals surface area contributed by atoms with E-state index in [1.54, 1.807) is 30.6 Å². The van der Waals surface area contributed by atoms with Crippen molar-refractivity contribution in [1.82, 2.24) is 4.98 Å². The first-order chi connectivity index (χ1) is 8.70. The van der Waals surface area contributed by atoms with Gasteiger partial charge < -0.3 is 14.3 Å². The first-order valence-corrected chi connectivity index (χ1v) is 6.51. The predicted octanol–water partition coefficient (Wildman–Crippen LogP) is 3.31. The molecule has 0 aliphatic heterocycles. The van der Waals surface area contributed by atoms with Gasteiger partial charge in [-0.25, -0.2) is 0 Å². The summed E-state index contributed by atoms with van der Waals surface area (Å²) in [5.41, 5.74) is 0.644. The maximum atomic E-state index is 10.1. The second-order valence-electron chi connectivity index (χ2n) is 3.85. The van der Waals surface area contributed by atoms with Crippen LogP contribution in [-0.4, -0.2) is 16.7 Å². The van der Waals surface area contributed by atoms with Crippen molar-refractivity contribution in [3.63, 3.8) is 0 Å². The Morgan fingerprint density at radius 1 is 1.44 bits per heavy atom. The Bertz CT molecular complexity index is 512. The van der Waals surface area contributed by atoms with Gasteiger partial charge in [0.1, 0.15) is 17.6 Å². The summed E-state index contributed by atoms with van der Waals surface area (Å²) in [6, 6.07) is 5.22. The molecule has 2 rings (SSSR count). The average molecular weight is 312 g/mol. The van der Waals surface area contributed by atoms with Crippen LogP contribution in [0.2, 0.25) is 0 Å². The van der Waals surface area contributed by atoms with Crippen molar-refractivity contribution in [3.8, 4) is 5.75 Å². The maximum Gasteiger partial charge on any atom is 0.169 e. The first-order valence-electron chi connectivity index (χ1n) is 5.71. The van der Waals surface area contributed by atoms with Gasteiger partial charge in [0.25, 0.3) is 0 Å². The Hall–Kier alpha value is -1.33. The quantitative estimate of drug-likeness (QED) is 0.920. The Morgan fingerprint density at radius 3 is 2.94 bits per heavy atom. The molecule has 0 bridgehead atoms. The van der Waals surface area contributed by atoms with Gasteiger partial charge in [-0.3, -0.25) is 4.98 Å². The lowest BCUT2D eigenvalue weighted by Gasteiger charge is -2.10. The number of hydrogen-bond acceptors (Lipinski definition) is 4. The van der Waals surface area contributed by atoms with E-state index >= 15 is 0 Å². The van der Waals surface area contributed by atoms with Crippen LogP contribution in [0.5, 0.6) is 5.75 Å². The number of aliphatic hydroxyl groups excluding tert-OH is 1. The predicted molar refractivity (Wildman–Crippen MR) is 70.5 cm³/mol. The third kappa shape index (κ3) is 3.11. The molecule has 0 fully saturated rings. The molecule has 0 saturated heterocycles. The van der Waals surface area contributed by atoms with Gasteiger partial charge in [-0.05, 0) is 40.5 Å². The second kappa shape index (κ2) is 6.02. The number of aliphatic hydroxyl groups is 1. The van der Waals surface area contributed by atoms with Gasteiger partial charge >= 0.3 is 0 Å². The number of pyridine rings is 1. The molecule has 0 saturated carbocycles. The molecule has 0 aliphatic carbocycles. The standard InChI is InChI=1S/C13H14BrNO3/c1-2-5-17-10-6-9(7-15-8-10)13(16)11-3-4-12(14)18-11/h3-4,6-8,13,16H,2,5H2,1H3. The fourth-order valence-corrected chi connectivity index (χ4v) is 1.84. The first kappa shape index (κ1) is 13.1. The minimum Gasteiger partial charge on any atom is -0.492 e. The summed E-state index contributed by atoms with van der Waals surface area (Å²) in [5, 5.41) is 10.1. The van der Waals surface area contributed by atoms with Gasteiger partial charge in [0.05, 0.1) is 12.8 Å². The molecule has 2 aromatic rings. The molecule has 1 atom stereocenters. The molecule has 0 aliphatic rings. The topological polar surface area (TPSA) is 55.5 Å². The second-order valence-corrected chi connectivity index (χ2v) is 4.63. The Labute approximate surface area is 114 Å². The van der Waals surface area contributed by atoms with Crippen molar-refractivity contribution >= 4 is 15.9 Å². The summed E-state index contributed by atoms with van der Waals surface area (Å²) in [6.45, 7) is 2.67. The lowest BCUT2D eigenvalue weighted by atomic mass is 10.1. The van der Waals surface area contributed by atoms with Crippen LogP contribution in [0.1, 0.15) is 30.8 Å². The smallest absolute Gasteiger partial charge is 0.169 e. The summed E-state index contributed by atoms with van der Waals surface area (Å²) < 4.78 is 11.4. The molecule has 2 heterocycles. The highest BCUT2D eigenvalue weighted by Gasteiger charge is 2.15. The van der Waals surface area contributed by atoms with Crippen LogP contribution in [0.25, 0.3) is 0 Å². The number of furan rings is 1. The molecule has 4 nitrogen and oxygen atoms in total. The highest BCUT2D eigenvalue weighted by Crippen LogP contribution is 2.27. The molecule has 1 unspecified atom stereocenters. The van der Waals surface area contributed by atoms with Crippen molar-refractivity contribution in [3.05, 3.63) is 46.6 Å². The minimum atomic E-state index is -0.839. The van der Waals surface area contributed by atoms with Crippen molar-refractivity contribution in [2.75, 3.05) is 6.61 Å². The lowest BCUT2D eigenvalue weighted by Crippen LogP contribution is -2.01. The molecular formula is C13H14BrNO3. The molecule has 5 heteroatoms. The highest BCUT2D eigenvalue weighted by atomic mass is 79.9. The van der Waals surface area contributed by atoms with Crippen LogP contribution in [-0.2, 0) is 0 Å². The van der Waals surface area contributed by atoms with E-state index in [0.717, 1.165) is 6.42 Å². The zero-order valence-electron chi connectivity index (χ0n) is 9.97. The van der Waals surface area contributed by atoms with E-state index in [1.165, 1.54) is 0 Å². The maximum absolute atomic E-state index is 10.1. The minimum absolute atomic E-state index is 0.469. The molecule has 2 aromatic heterocycles. The highest BCUT2D eigenvalue weighted by molar-refractivity contribution is 9.10. The molecule has 1 N–H and O–H groups in total. The normalized spacial score (nSPS) is 12.4. The Kier molecular flexibility index (Phi) is 4.38. The van der Waals surface area contributed by atoms with Crippen molar-refractivity contribution in [2.24, 2.45) is 0 Å². The number of halogens is 1. The van der Waals surface area contributed by atoms with E-state index < -0.39 is 6.10 Å². The molecular weight excluding hydrogens is 298 g/mol. The molecule has 0 aromatic carbocycles. The van der Waals surface area contributed by atoms with Crippen molar-refractivity contribution < 1.29 is 14.3 Å². The monoisotopic (exact) mass is 311 g/mol. The summed E-state index contributed by atoms with van der Waals surface area (Å²) in [7, 11) is 0. The fraction of sp³-hybridized carbons (Fsp3) is 0.308. The molecule has 0 spiro atoms. The summed E-state index contributed by atoms with van der Waals surface area (Å²) in [6.07, 6.45) is 3.32. The lowest BCUT2D eigenvalue weighted by molar-refractivity contribution is 0.186. The van der Waals surface area contributed by atoms with Gasteiger partial charge in [-0.15, -0.1) is 0 Å². The van der Waals surface area contributed by atoms with Crippen LogP contribution in [0, 0.1) is 0 Å². The Morgan fingerprint density at radius 2 is 2.28 bits per heavy atom. The van der Waals surface area contributed by atoms with E-state index in [4.69, 9.17) is 9.15 Å². The third-order valence-electron chi connectivity index (χ3n) is 2.39. The van der Waals surface area contributed by atoms with E-state index in [1.807, 2.05) is 6.92 Å². The van der Waals surface area contributed by atoms with E-state index in [-0.39, 0.29) is 0 Å². The zero-order chi connectivity index (χ0) is 13.0. The molecule has 0 radical (unpaired) electrons. The van der Waals surface area contributed by atoms with Gasteiger partial charge in [-0.2, -0.15) is 0 Å². The molecule has 96 valence electrons. The SMILES string of the molecule is CCCOc1cncc(C(O)c2ccc(Br)o2)c1. The molecule has 18 heavy (non-hydrogen) atoms. The van der Waals surface area contributed by atoms with Gasteiger partial charge in [0, 0.05) is 11.8 Å². The molecule has 0 amide bonds. The van der Waals surface area contributed by atoms with Crippen LogP contribution < -0.4 is 4.74 Å². The Balaban J connectivity index is 2.17. The van der Waals surface area contributed by atoms with E-state index in [0.29, 0.717) is 28.3 Å². The van der Waals surface area contributed by atoms with Crippen LogP contribution >= 0.6 is 15.9 Å². The van der Waals surface area contributed by atoms with Crippen molar-refractivity contribution in [1.29, 1.82) is 0 Å². The van der Waals surface area contributed by atoms with E-state index in [9.17, 15) is 5.11 Å². The number of rotatable bonds is 5. The largest absolute Gasteiger partial charge is 0.492 e. The van der Waals surface area contributed by atoms with Crippen LogP contribution in [0.3, 0.4) is 0 Å². The van der Waals surface area contributed by atoms with Gasteiger partial charge in [-0.1, -0.05) is 6.92 Å². The number of ether oxygens (including phenoxy) is 1. The number of aromatic nitrogens is 1. The summed E-state index contributed by atoms with van der Waals surface area (Å²) in [4.78, 5) is 4.05. The van der Waals surface area contributed by atoms with Gasteiger partial charge in [0.2, 0.25) is 0 Å². The van der Waals surface area contributed by atoms with Gasteiger partial charge in [0.15, 0.2) is 4.67 Å². The van der Waals surface area contributed by atoms with Crippen LogP contribution in [0.4, 0.5) is 0 Å². The third-order valence-corrected chi connectivity index (χ3v) is 2.81. The number of hydrogen-bond donors (Lipinski definition) is 1. The number of nitrogens with zero attached hydrogens (tertiary/aromatic N) is 1. The average Bonchev–Trinajstić information content (AvgIpc) is 2.82. The zero-order valence-corrected chi connectivity index (χ0v) is 11.6. The summed E-state index contributed by atoms with van der Waals surface area (Å²) >= 11 is 3.20. The van der Waals surface area contributed by atoms with Crippen LogP contribution in [0.15, 0.2) is 39.7 Å². The van der Waals surface area contributed by atoms with E-state index in [2.05, 4.69) is 20.9 Å². The van der Waals surface area contributed by atoms with Crippen molar-refractivity contribution in [2.45, 2.75) is 19.4 Å². The fourth-order valence-electron chi connectivity index (χ4n) is 1.52. The summed E-state index contributed by atoms with van der Waals surface area (Å²) in [5.74, 6) is 1.12.